The maximum Gasteiger partial charge on any atom is 0.417 e. The number of rotatable bonds is 1. The van der Waals surface area contributed by atoms with Gasteiger partial charge < -0.3 is 10.6 Å². The van der Waals surface area contributed by atoms with Crippen molar-refractivity contribution in [1.82, 2.24) is 9.88 Å². The average molecular weight is 287 g/mol. The van der Waals surface area contributed by atoms with Crippen molar-refractivity contribution in [3.8, 4) is 0 Å². The fourth-order valence-electron chi connectivity index (χ4n) is 2.20. The lowest BCUT2D eigenvalue weighted by atomic mass is 9.94. The van der Waals surface area contributed by atoms with Gasteiger partial charge in [-0.2, -0.15) is 13.2 Å². The molecule has 1 aliphatic heterocycles. The van der Waals surface area contributed by atoms with Crippen LogP contribution < -0.4 is 5.73 Å². The molecule has 0 bridgehead atoms. The smallest absolute Gasteiger partial charge is 0.337 e. The lowest BCUT2D eigenvalue weighted by Gasteiger charge is -2.34. The molecule has 0 saturated carbocycles. The normalized spacial score (nSPS) is 23.8. The Morgan fingerprint density at radius 2 is 2.15 bits per heavy atom. The molecule has 1 fully saturated rings. The molecule has 110 valence electrons. The Labute approximate surface area is 114 Å². The van der Waals surface area contributed by atoms with E-state index in [9.17, 15) is 18.0 Å². The minimum Gasteiger partial charge on any atom is -0.337 e. The van der Waals surface area contributed by atoms with Crippen molar-refractivity contribution in [2.75, 3.05) is 13.1 Å². The summed E-state index contributed by atoms with van der Waals surface area (Å²) in [6, 6.07) is 2.04. The van der Waals surface area contributed by atoms with Gasteiger partial charge in [-0.1, -0.05) is 6.92 Å². The minimum absolute atomic E-state index is 0.0284. The van der Waals surface area contributed by atoms with Crippen LogP contribution in [0.1, 0.15) is 29.4 Å². The molecular weight excluding hydrogens is 271 g/mol. The van der Waals surface area contributed by atoms with E-state index in [4.69, 9.17) is 5.73 Å². The number of amides is 1. The second kappa shape index (κ2) is 5.40. The maximum absolute atomic E-state index is 12.4. The lowest BCUT2D eigenvalue weighted by Crippen LogP contribution is -2.48. The summed E-state index contributed by atoms with van der Waals surface area (Å²) in [6.45, 7) is 2.96. The number of hydrogen-bond donors (Lipinski definition) is 1. The SMILES string of the molecule is CC1CN(C(=O)c2ccc(C(F)(F)F)cn2)CCC1N. The molecule has 0 aromatic carbocycles. The summed E-state index contributed by atoms with van der Waals surface area (Å²) in [5.41, 5.74) is 5.04. The van der Waals surface area contributed by atoms with Crippen molar-refractivity contribution >= 4 is 5.91 Å². The first-order valence-electron chi connectivity index (χ1n) is 6.37. The first-order chi connectivity index (χ1) is 9.29. The Hall–Kier alpha value is -1.63. The van der Waals surface area contributed by atoms with Gasteiger partial charge in [0.1, 0.15) is 5.69 Å². The fourth-order valence-corrected chi connectivity index (χ4v) is 2.20. The zero-order valence-electron chi connectivity index (χ0n) is 11.0. The number of carbonyl (C=O) groups is 1. The molecule has 1 aromatic rings. The predicted octanol–water partition coefficient (Wildman–Crippen LogP) is 1.91. The molecule has 2 atom stereocenters. The van der Waals surface area contributed by atoms with Crippen LogP contribution in [0.15, 0.2) is 18.3 Å². The molecule has 2 unspecified atom stereocenters. The number of nitrogens with zero attached hydrogens (tertiary/aromatic N) is 2. The molecule has 1 aliphatic rings. The van der Waals surface area contributed by atoms with Gasteiger partial charge in [-0.15, -0.1) is 0 Å². The first-order valence-corrected chi connectivity index (χ1v) is 6.37. The molecule has 1 aromatic heterocycles. The number of carbonyl (C=O) groups excluding carboxylic acids is 1. The van der Waals surface area contributed by atoms with Gasteiger partial charge in [0.05, 0.1) is 5.56 Å². The minimum atomic E-state index is -4.44. The van der Waals surface area contributed by atoms with E-state index in [1.807, 2.05) is 6.92 Å². The highest BCUT2D eigenvalue weighted by atomic mass is 19.4. The van der Waals surface area contributed by atoms with Crippen LogP contribution in [0.5, 0.6) is 0 Å². The van der Waals surface area contributed by atoms with Crippen molar-refractivity contribution in [1.29, 1.82) is 0 Å². The zero-order valence-corrected chi connectivity index (χ0v) is 11.0. The van der Waals surface area contributed by atoms with Gasteiger partial charge >= 0.3 is 6.18 Å². The average Bonchev–Trinajstić information content (AvgIpc) is 2.40. The summed E-state index contributed by atoms with van der Waals surface area (Å²) < 4.78 is 37.3. The van der Waals surface area contributed by atoms with E-state index in [2.05, 4.69) is 4.98 Å². The van der Waals surface area contributed by atoms with Crippen LogP contribution in [-0.2, 0) is 6.18 Å². The lowest BCUT2D eigenvalue weighted by molar-refractivity contribution is -0.137. The van der Waals surface area contributed by atoms with Crippen molar-refractivity contribution in [3.05, 3.63) is 29.6 Å². The molecule has 7 heteroatoms. The molecule has 4 nitrogen and oxygen atoms in total. The van der Waals surface area contributed by atoms with Gasteiger partial charge in [0.2, 0.25) is 0 Å². The van der Waals surface area contributed by atoms with Crippen LogP contribution in [0, 0.1) is 5.92 Å². The highest BCUT2D eigenvalue weighted by Gasteiger charge is 2.32. The van der Waals surface area contributed by atoms with Crippen molar-refractivity contribution < 1.29 is 18.0 Å². The molecular formula is C13H16F3N3O. The molecule has 0 aliphatic carbocycles. The van der Waals surface area contributed by atoms with E-state index in [1.165, 1.54) is 0 Å². The molecule has 2 rings (SSSR count). The number of halogens is 3. The van der Waals surface area contributed by atoms with Crippen LogP contribution in [0.4, 0.5) is 13.2 Å². The van der Waals surface area contributed by atoms with Gasteiger partial charge in [0.15, 0.2) is 0 Å². The summed E-state index contributed by atoms with van der Waals surface area (Å²) in [6.07, 6.45) is -3.07. The molecule has 1 amide bonds. The second-order valence-corrected chi connectivity index (χ2v) is 5.11. The molecule has 0 radical (unpaired) electrons. The monoisotopic (exact) mass is 287 g/mol. The van der Waals surface area contributed by atoms with Crippen molar-refractivity contribution in [2.45, 2.75) is 25.6 Å². The summed E-state index contributed by atoms with van der Waals surface area (Å²) in [4.78, 5) is 17.4. The Kier molecular flexibility index (Phi) is 3.99. The van der Waals surface area contributed by atoms with Crippen LogP contribution in [0.3, 0.4) is 0 Å². The summed E-state index contributed by atoms with van der Waals surface area (Å²) in [5.74, 6) is -0.181. The molecule has 1 saturated heterocycles. The van der Waals surface area contributed by atoms with Gasteiger partial charge in [0, 0.05) is 25.3 Å². The molecule has 0 spiro atoms. The number of alkyl halides is 3. The van der Waals surface area contributed by atoms with Crippen LogP contribution in [0.25, 0.3) is 0 Å². The molecule has 20 heavy (non-hydrogen) atoms. The topological polar surface area (TPSA) is 59.2 Å². The highest BCUT2D eigenvalue weighted by Crippen LogP contribution is 2.28. The van der Waals surface area contributed by atoms with Crippen LogP contribution >= 0.6 is 0 Å². The van der Waals surface area contributed by atoms with Crippen molar-refractivity contribution in [3.63, 3.8) is 0 Å². The Morgan fingerprint density at radius 3 is 2.65 bits per heavy atom. The third kappa shape index (κ3) is 3.09. The highest BCUT2D eigenvalue weighted by molar-refractivity contribution is 5.92. The molecule has 2 N–H and O–H groups in total. The maximum atomic E-state index is 12.4. The second-order valence-electron chi connectivity index (χ2n) is 5.11. The summed E-state index contributed by atoms with van der Waals surface area (Å²) >= 11 is 0. The quantitative estimate of drug-likeness (QED) is 0.858. The number of aromatic nitrogens is 1. The standard InChI is InChI=1S/C13H16F3N3O/c1-8-7-19(5-4-10(8)17)12(20)11-3-2-9(6-18-11)13(14,15)16/h2-3,6,8,10H,4-5,7,17H2,1H3. The molecule has 2 heterocycles. The van der Waals surface area contributed by atoms with E-state index < -0.39 is 11.7 Å². The first kappa shape index (κ1) is 14.8. The van der Waals surface area contributed by atoms with Crippen molar-refractivity contribution in [2.24, 2.45) is 11.7 Å². The van der Waals surface area contributed by atoms with E-state index in [-0.39, 0.29) is 23.6 Å². The third-order valence-corrected chi connectivity index (χ3v) is 3.57. The zero-order chi connectivity index (χ0) is 14.9. The number of likely N-dealkylation sites (tertiary alicyclic amines) is 1. The van der Waals surface area contributed by atoms with Gasteiger partial charge in [-0.25, -0.2) is 0 Å². The summed E-state index contributed by atoms with van der Waals surface area (Å²) in [7, 11) is 0. The van der Waals surface area contributed by atoms with E-state index >= 15 is 0 Å². The van der Waals surface area contributed by atoms with Gasteiger partial charge in [-0.05, 0) is 24.5 Å². The number of nitrogens with two attached hydrogens (primary N) is 1. The Morgan fingerprint density at radius 1 is 1.45 bits per heavy atom. The van der Waals surface area contributed by atoms with Crippen LogP contribution in [0.2, 0.25) is 0 Å². The third-order valence-electron chi connectivity index (χ3n) is 3.57. The number of hydrogen-bond acceptors (Lipinski definition) is 3. The van der Waals surface area contributed by atoms with Gasteiger partial charge in [0.25, 0.3) is 5.91 Å². The Bertz CT molecular complexity index is 487. The Balaban J connectivity index is 2.10. The summed E-state index contributed by atoms with van der Waals surface area (Å²) in [5, 5.41) is 0. The number of piperidine rings is 1. The van der Waals surface area contributed by atoms with Crippen LogP contribution in [-0.4, -0.2) is 34.9 Å². The van der Waals surface area contributed by atoms with Gasteiger partial charge in [-0.3, -0.25) is 9.78 Å². The van der Waals surface area contributed by atoms with E-state index in [0.717, 1.165) is 12.1 Å². The predicted molar refractivity (Wildman–Crippen MR) is 66.9 cm³/mol. The van der Waals surface area contributed by atoms with E-state index in [1.54, 1.807) is 4.90 Å². The number of pyridine rings is 1. The van der Waals surface area contributed by atoms with E-state index in [0.29, 0.717) is 25.7 Å². The largest absolute Gasteiger partial charge is 0.417 e. The fraction of sp³-hybridized carbons (Fsp3) is 0.538.